The molecule has 154 valence electrons. The van der Waals surface area contributed by atoms with E-state index in [0.717, 1.165) is 21.1 Å². The number of para-hydroxylation sites is 2. The molecule has 0 aliphatic carbocycles. The van der Waals surface area contributed by atoms with E-state index < -0.39 is 0 Å². The van der Waals surface area contributed by atoms with E-state index in [4.69, 9.17) is 25.2 Å². The Labute approximate surface area is 192 Å². The van der Waals surface area contributed by atoms with Crippen LogP contribution in [0.4, 0.5) is 11.4 Å². The van der Waals surface area contributed by atoms with Crippen molar-refractivity contribution < 1.29 is 13.1 Å². The van der Waals surface area contributed by atoms with E-state index in [0.29, 0.717) is 0 Å². The van der Waals surface area contributed by atoms with Gasteiger partial charge in [0.25, 0.3) is 0 Å². The van der Waals surface area contributed by atoms with Gasteiger partial charge in [0.05, 0.1) is 11.4 Å². The van der Waals surface area contributed by atoms with Gasteiger partial charge in [-0.05, 0) is 47.7 Å². The fraction of sp³-hybridized carbons (Fsp3) is 0.217. The van der Waals surface area contributed by atoms with Crippen LogP contribution in [0.25, 0.3) is 0 Å². The van der Waals surface area contributed by atoms with Crippen LogP contribution in [0.15, 0.2) is 70.6 Å². The van der Waals surface area contributed by atoms with Crippen molar-refractivity contribution in [3.05, 3.63) is 81.5 Å². The molecule has 0 spiro atoms. The SMILES string of the molecule is Cc1ccccc1N=Cc1ccc(C=Nc2ccccc2C(C)(C)C)s1.[Cl][Fe][Cl]. The maximum atomic E-state index is 4.76. The summed E-state index contributed by atoms with van der Waals surface area (Å²) in [6.45, 7) is 8.72. The predicted molar refractivity (Wildman–Crippen MR) is 127 cm³/mol. The molecule has 0 aliphatic heterocycles. The van der Waals surface area contributed by atoms with Crippen molar-refractivity contribution in [2.45, 2.75) is 33.1 Å². The Morgan fingerprint density at radius 3 is 1.83 bits per heavy atom. The van der Waals surface area contributed by atoms with Crippen LogP contribution >= 0.6 is 31.5 Å². The van der Waals surface area contributed by atoms with Gasteiger partial charge < -0.3 is 0 Å². The van der Waals surface area contributed by atoms with Gasteiger partial charge in [0.1, 0.15) is 0 Å². The van der Waals surface area contributed by atoms with Crippen molar-refractivity contribution in [1.82, 2.24) is 0 Å². The third kappa shape index (κ3) is 7.73. The van der Waals surface area contributed by atoms with Crippen molar-refractivity contribution in [2.24, 2.45) is 9.98 Å². The first-order chi connectivity index (χ1) is 13.8. The summed E-state index contributed by atoms with van der Waals surface area (Å²) in [6.07, 6.45) is 3.87. The maximum absolute atomic E-state index is 4.76. The standard InChI is InChI=1S/C23H24N2S.2ClH.Fe/c1-17-9-5-7-11-21(17)24-15-18-13-14-19(26-18)16-25-22-12-8-6-10-20(22)23(2,3)4;;;/h5-16H,1-4H3;2*1H;/q;;;+2/p-2. The fourth-order valence-corrected chi connectivity index (χ4v) is 3.46. The molecule has 0 amide bonds. The molecule has 0 fully saturated rings. The molecule has 6 heteroatoms. The van der Waals surface area contributed by atoms with Crippen LogP contribution in [-0.2, 0) is 18.5 Å². The van der Waals surface area contributed by atoms with Gasteiger partial charge in [0.2, 0.25) is 0 Å². The van der Waals surface area contributed by atoms with E-state index in [-0.39, 0.29) is 18.5 Å². The summed E-state index contributed by atoms with van der Waals surface area (Å²) >= 11 is 1.89. The third-order valence-electron chi connectivity index (χ3n) is 4.14. The van der Waals surface area contributed by atoms with E-state index in [9.17, 15) is 0 Å². The molecule has 3 aromatic rings. The van der Waals surface area contributed by atoms with E-state index in [1.807, 2.05) is 36.7 Å². The Bertz CT molecular complexity index is 975. The number of nitrogens with zero attached hydrogens (tertiary/aromatic N) is 2. The Hall–Kier alpha value is -1.42. The van der Waals surface area contributed by atoms with Gasteiger partial charge in [-0.2, -0.15) is 0 Å². The number of thiophene rings is 1. The molecule has 1 aromatic heterocycles. The zero-order valence-electron chi connectivity index (χ0n) is 16.8. The van der Waals surface area contributed by atoms with Crippen molar-refractivity contribution >= 4 is 55.3 Å². The molecule has 0 radical (unpaired) electrons. The molecule has 1 heterocycles. The summed E-state index contributed by atoms with van der Waals surface area (Å²) in [6, 6.07) is 20.7. The Kier molecular flexibility index (Phi) is 9.61. The van der Waals surface area contributed by atoms with E-state index in [1.54, 1.807) is 11.3 Å². The summed E-state index contributed by atoms with van der Waals surface area (Å²) in [7, 11) is 9.53. The minimum atomic E-state index is 0.0781. The average Bonchev–Trinajstić information content (AvgIpc) is 3.14. The van der Waals surface area contributed by atoms with Crippen LogP contribution in [0.2, 0.25) is 0 Å². The van der Waals surface area contributed by atoms with Crippen LogP contribution in [0.5, 0.6) is 0 Å². The van der Waals surface area contributed by atoms with E-state index in [1.165, 1.54) is 11.1 Å². The van der Waals surface area contributed by atoms with Gasteiger partial charge in [-0.15, -0.1) is 11.3 Å². The second kappa shape index (κ2) is 11.7. The Morgan fingerprint density at radius 1 is 0.793 bits per heavy atom. The molecular formula is C23H24Cl2FeN2S. The van der Waals surface area contributed by atoms with Crippen molar-refractivity contribution in [2.75, 3.05) is 0 Å². The van der Waals surface area contributed by atoms with Crippen molar-refractivity contribution in [1.29, 1.82) is 0 Å². The number of aryl methyl sites for hydroxylation is 1. The summed E-state index contributed by atoms with van der Waals surface area (Å²) in [5.41, 5.74) is 4.56. The van der Waals surface area contributed by atoms with E-state index >= 15 is 0 Å². The summed E-state index contributed by atoms with van der Waals surface area (Å²) in [5.74, 6) is 0. The number of hydrogen-bond donors (Lipinski definition) is 0. The van der Waals surface area contributed by atoms with E-state index in [2.05, 4.69) is 69.1 Å². The minimum absolute atomic E-state index is 0.0781. The molecule has 0 saturated carbocycles. The molecule has 0 atom stereocenters. The number of aliphatic imine (C=N–C) groups is 2. The number of halogens is 2. The molecule has 0 saturated heterocycles. The first kappa shape index (κ1) is 23.9. The van der Waals surface area contributed by atoms with Crippen molar-refractivity contribution in [3.63, 3.8) is 0 Å². The normalized spacial score (nSPS) is 11.8. The summed E-state index contributed by atoms with van der Waals surface area (Å²) in [4.78, 5) is 11.6. The second-order valence-corrected chi connectivity index (χ2v) is 10.3. The Morgan fingerprint density at radius 2 is 1.28 bits per heavy atom. The van der Waals surface area contributed by atoms with Crippen LogP contribution in [0.3, 0.4) is 0 Å². The topological polar surface area (TPSA) is 24.7 Å². The molecule has 0 N–H and O–H groups in total. The zero-order valence-corrected chi connectivity index (χ0v) is 20.3. The average molecular weight is 487 g/mol. The third-order valence-corrected chi connectivity index (χ3v) is 5.09. The predicted octanol–water partition coefficient (Wildman–Crippen LogP) is 8.23. The molecule has 29 heavy (non-hydrogen) atoms. The van der Waals surface area contributed by atoms with Gasteiger partial charge in [-0.25, -0.2) is 0 Å². The molecule has 0 bridgehead atoms. The summed E-state index contributed by atoms with van der Waals surface area (Å²) in [5, 5.41) is 0. The molecule has 2 nitrogen and oxygen atoms in total. The van der Waals surface area contributed by atoms with Gasteiger partial charge >= 0.3 is 33.3 Å². The van der Waals surface area contributed by atoms with Gasteiger partial charge in [0.15, 0.2) is 0 Å². The summed E-state index contributed by atoms with van der Waals surface area (Å²) < 4.78 is 0. The quantitative estimate of drug-likeness (QED) is 0.262. The molecule has 0 unspecified atom stereocenters. The first-order valence-electron chi connectivity index (χ1n) is 9.03. The molecule has 0 aliphatic rings. The molecule has 3 rings (SSSR count). The fourth-order valence-electron chi connectivity index (χ4n) is 2.70. The molecule has 2 aromatic carbocycles. The Balaban J connectivity index is 0.000000941. The van der Waals surface area contributed by atoms with Gasteiger partial charge in [0, 0.05) is 22.2 Å². The van der Waals surface area contributed by atoms with Crippen molar-refractivity contribution in [3.8, 4) is 0 Å². The number of hydrogen-bond acceptors (Lipinski definition) is 3. The van der Waals surface area contributed by atoms with Gasteiger partial charge in [-0.1, -0.05) is 57.2 Å². The zero-order chi connectivity index (χ0) is 21.3. The number of rotatable bonds is 4. The molecular weight excluding hydrogens is 463 g/mol. The van der Waals surface area contributed by atoms with Crippen LogP contribution in [0.1, 0.15) is 41.7 Å². The van der Waals surface area contributed by atoms with Crippen LogP contribution in [-0.4, -0.2) is 12.4 Å². The first-order valence-corrected chi connectivity index (χ1v) is 12.9. The van der Waals surface area contributed by atoms with Crippen LogP contribution in [0, 0.1) is 6.92 Å². The van der Waals surface area contributed by atoms with Gasteiger partial charge in [-0.3, -0.25) is 9.98 Å². The second-order valence-electron chi connectivity index (χ2n) is 7.36. The van der Waals surface area contributed by atoms with Crippen LogP contribution < -0.4 is 0 Å². The number of benzene rings is 2. The monoisotopic (exact) mass is 486 g/mol.